The Labute approximate surface area is 385 Å². The van der Waals surface area contributed by atoms with Gasteiger partial charge in [0.05, 0.1) is 0 Å². The summed E-state index contributed by atoms with van der Waals surface area (Å²) in [6, 6.07) is 38.0. The van der Waals surface area contributed by atoms with Crippen LogP contribution in [-0.2, 0) is 0 Å². The Morgan fingerprint density at radius 2 is 0.492 bits per heavy atom. The summed E-state index contributed by atoms with van der Waals surface area (Å²) in [7, 11) is 0. The largest absolute Gasteiger partial charge is 0.399 e. The molecule has 0 aromatic heterocycles. The first-order valence-corrected chi connectivity index (χ1v) is 21.3. The first-order valence-electron chi connectivity index (χ1n) is 21.3. The van der Waals surface area contributed by atoms with Crippen molar-refractivity contribution in [1.82, 2.24) is 0 Å². The zero-order valence-corrected chi connectivity index (χ0v) is 38.2. The number of benzene rings is 7. The second-order valence-corrected chi connectivity index (χ2v) is 16.6. The Kier molecular flexibility index (Phi) is 13.3. The lowest BCUT2D eigenvalue weighted by atomic mass is 9.99. The zero-order chi connectivity index (χ0) is 46.2. The molecule has 0 spiro atoms. The number of hydrogen-bond acceptors (Lipinski definition) is 3. The summed E-state index contributed by atoms with van der Waals surface area (Å²) in [5.41, 5.74) is 39.6. The molecule has 0 fully saturated rings. The molecule has 0 atom stereocenters. The molecule has 0 amide bonds. The van der Waals surface area contributed by atoms with Gasteiger partial charge in [0, 0.05) is 83.8 Å². The second kappa shape index (κ2) is 19.6. The Hall–Kier alpha value is -8.70. The molecule has 65 heavy (non-hydrogen) atoms. The lowest BCUT2D eigenvalue weighted by molar-refractivity contribution is 1.37. The van der Waals surface area contributed by atoms with E-state index in [1.807, 2.05) is 87.5 Å². The summed E-state index contributed by atoms with van der Waals surface area (Å²) < 4.78 is 0. The third-order valence-corrected chi connectivity index (χ3v) is 10.7. The quantitative estimate of drug-likeness (QED) is 0.105. The summed E-state index contributed by atoms with van der Waals surface area (Å²) in [5, 5.41) is 0. The predicted octanol–water partition coefficient (Wildman–Crippen LogP) is 11.3. The van der Waals surface area contributed by atoms with Gasteiger partial charge in [-0.05, 0) is 191 Å². The molecule has 0 saturated heterocycles. The van der Waals surface area contributed by atoms with Crippen molar-refractivity contribution >= 4 is 17.1 Å². The molecule has 0 aliphatic carbocycles. The topological polar surface area (TPSA) is 78.1 Å². The van der Waals surface area contributed by atoms with Gasteiger partial charge in [0.2, 0.25) is 0 Å². The van der Waals surface area contributed by atoms with Crippen LogP contribution in [0.2, 0.25) is 0 Å². The van der Waals surface area contributed by atoms with Gasteiger partial charge in [0.1, 0.15) is 0 Å². The fraction of sp³-hybridized carbons (Fsp3) is 0.129. The van der Waals surface area contributed by atoms with Crippen molar-refractivity contribution < 1.29 is 0 Å². The van der Waals surface area contributed by atoms with E-state index in [0.717, 1.165) is 89.0 Å². The highest BCUT2D eigenvalue weighted by Crippen LogP contribution is 2.22. The highest BCUT2D eigenvalue weighted by atomic mass is 14.5. The molecule has 0 aliphatic heterocycles. The average molecular weight is 836 g/mol. The molecule has 7 rings (SSSR count). The van der Waals surface area contributed by atoms with Crippen LogP contribution in [0.4, 0.5) is 17.1 Å². The van der Waals surface area contributed by atoms with Gasteiger partial charge in [-0.25, -0.2) is 0 Å². The minimum atomic E-state index is 0.589. The van der Waals surface area contributed by atoms with E-state index < -0.39 is 0 Å². The smallest absolute Gasteiger partial charge is 0.0339 e. The number of anilines is 3. The van der Waals surface area contributed by atoms with Crippen molar-refractivity contribution in [3.8, 4) is 71.0 Å². The van der Waals surface area contributed by atoms with Crippen LogP contribution in [0.1, 0.15) is 111 Å². The van der Waals surface area contributed by atoms with Gasteiger partial charge in [0.15, 0.2) is 0 Å². The second-order valence-electron chi connectivity index (χ2n) is 16.6. The molecule has 0 aliphatic rings. The standard InChI is InChI=1S/C62H49N3/c1-40-10-9-11-48(26-40)12-18-54-34-60(63)37-57(45(54)6)21-15-51-31-52(16-22-58-38-61(64)35-55(46(58)7)19-13-49-27-41(2)24-42(3)28-49)33-53(32-51)17-23-59-39-62(65)36-56(47(59)8)20-14-50-29-43(4)25-44(5)30-50/h9-11,24-39H,63-65H2,1-8H3. The maximum Gasteiger partial charge on any atom is 0.0339 e. The van der Waals surface area contributed by atoms with E-state index in [-0.39, 0.29) is 0 Å². The van der Waals surface area contributed by atoms with Crippen LogP contribution in [0.3, 0.4) is 0 Å². The summed E-state index contributed by atoms with van der Waals surface area (Å²) in [4.78, 5) is 0. The fourth-order valence-corrected chi connectivity index (χ4v) is 7.49. The molecule has 6 N–H and O–H groups in total. The van der Waals surface area contributed by atoms with E-state index in [1.54, 1.807) is 0 Å². The third-order valence-electron chi connectivity index (χ3n) is 10.7. The van der Waals surface area contributed by atoms with Gasteiger partial charge in [-0.2, -0.15) is 0 Å². The van der Waals surface area contributed by atoms with Crippen molar-refractivity contribution in [1.29, 1.82) is 0 Å². The number of nitrogens with two attached hydrogens (primary N) is 3. The van der Waals surface area contributed by atoms with Gasteiger partial charge >= 0.3 is 0 Å². The van der Waals surface area contributed by atoms with Gasteiger partial charge in [-0.15, -0.1) is 0 Å². The lowest BCUT2D eigenvalue weighted by Crippen LogP contribution is -1.95. The molecule has 7 aromatic rings. The summed E-state index contributed by atoms with van der Waals surface area (Å²) >= 11 is 0. The molecule has 3 heteroatoms. The summed E-state index contributed by atoms with van der Waals surface area (Å²) in [6.07, 6.45) is 0. The third kappa shape index (κ3) is 11.8. The first-order chi connectivity index (χ1) is 31.1. The van der Waals surface area contributed by atoms with E-state index in [0.29, 0.717) is 17.1 Å². The van der Waals surface area contributed by atoms with Crippen LogP contribution in [0.25, 0.3) is 0 Å². The molecule has 3 nitrogen and oxygen atoms in total. The molecular formula is C62H49N3. The highest BCUT2D eigenvalue weighted by Gasteiger charge is 2.07. The van der Waals surface area contributed by atoms with Crippen LogP contribution in [0.5, 0.6) is 0 Å². The molecule has 0 radical (unpaired) electrons. The van der Waals surface area contributed by atoms with Crippen LogP contribution >= 0.6 is 0 Å². The SMILES string of the molecule is Cc1cccc(C#Cc2cc(N)cc(C#Cc3cc(C#Cc4cc(N)cc(C#Cc5cc(C)cc(C)c5)c4C)cc(C#Cc4cc(N)cc(C#Cc5cc(C)cc(C)c5)c4C)c3)c2C)c1. The van der Waals surface area contributed by atoms with Crippen molar-refractivity contribution in [3.63, 3.8) is 0 Å². The molecule has 7 aromatic carbocycles. The van der Waals surface area contributed by atoms with Gasteiger partial charge in [-0.1, -0.05) is 95.3 Å². The van der Waals surface area contributed by atoms with Crippen LogP contribution in [0, 0.1) is 126 Å². The lowest BCUT2D eigenvalue weighted by Gasteiger charge is -2.05. The molecule has 0 bridgehead atoms. The van der Waals surface area contributed by atoms with Crippen LogP contribution in [-0.4, -0.2) is 0 Å². The summed E-state index contributed by atoms with van der Waals surface area (Å²) in [6.45, 7) is 16.4. The van der Waals surface area contributed by atoms with Gasteiger partial charge < -0.3 is 17.2 Å². The molecule has 0 unspecified atom stereocenters. The van der Waals surface area contributed by atoms with Crippen LogP contribution < -0.4 is 17.2 Å². The number of hydrogen-bond donors (Lipinski definition) is 3. The minimum Gasteiger partial charge on any atom is -0.399 e. The van der Waals surface area contributed by atoms with Gasteiger partial charge in [-0.3, -0.25) is 0 Å². The Morgan fingerprint density at radius 1 is 0.246 bits per heavy atom. The first kappa shape index (κ1) is 44.4. The molecule has 312 valence electrons. The molecule has 0 heterocycles. The van der Waals surface area contributed by atoms with E-state index >= 15 is 0 Å². The monoisotopic (exact) mass is 835 g/mol. The fourth-order valence-electron chi connectivity index (χ4n) is 7.49. The van der Waals surface area contributed by atoms with E-state index in [2.05, 4.69) is 154 Å². The zero-order valence-electron chi connectivity index (χ0n) is 38.2. The Bertz CT molecular complexity index is 3270. The van der Waals surface area contributed by atoms with Crippen molar-refractivity contribution in [2.24, 2.45) is 0 Å². The van der Waals surface area contributed by atoms with E-state index in [1.165, 1.54) is 22.3 Å². The maximum absolute atomic E-state index is 6.43. The maximum atomic E-state index is 6.43. The predicted molar refractivity (Wildman–Crippen MR) is 272 cm³/mol. The van der Waals surface area contributed by atoms with Crippen molar-refractivity contribution in [3.05, 3.63) is 227 Å². The number of rotatable bonds is 0. The minimum absolute atomic E-state index is 0.589. The Balaban J connectivity index is 1.30. The molecule has 0 saturated carbocycles. The highest BCUT2D eigenvalue weighted by molar-refractivity contribution is 5.66. The Morgan fingerprint density at radius 3 is 0.769 bits per heavy atom. The normalized spacial score (nSPS) is 9.91. The molecular weight excluding hydrogens is 787 g/mol. The average Bonchev–Trinajstić information content (AvgIpc) is 3.24. The van der Waals surface area contributed by atoms with Crippen LogP contribution in [0.15, 0.2) is 115 Å². The number of nitrogen functional groups attached to an aromatic ring is 3. The van der Waals surface area contributed by atoms with Crippen molar-refractivity contribution in [2.45, 2.75) is 55.4 Å². The number of aryl methyl sites for hydroxylation is 5. The van der Waals surface area contributed by atoms with Gasteiger partial charge in [0.25, 0.3) is 0 Å². The van der Waals surface area contributed by atoms with E-state index in [9.17, 15) is 0 Å². The summed E-state index contributed by atoms with van der Waals surface area (Å²) in [5.74, 6) is 40.2. The van der Waals surface area contributed by atoms with Crippen molar-refractivity contribution in [2.75, 3.05) is 17.2 Å². The van der Waals surface area contributed by atoms with E-state index in [4.69, 9.17) is 17.2 Å².